The molecule has 98 valence electrons. The van der Waals surface area contributed by atoms with E-state index >= 15 is 0 Å². The zero-order chi connectivity index (χ0) is 13.8. The van der Waals surface area contributed by atoms with E-state index in [1.807, 2.05) is 0 Å². The lowest BCUT2D eigenvalue weighted by Gasteiger charge is -2.01. The highest BCUT2D eigenvalue weighted by molar-refractivity contribution is 6.31. The predicted molar refractivity (Wildman–Crippen MR) is 67.5 cm³/mol. The standard InChI is InChI=1S/C12H11ClN4O2/c1-8-10(13)7-14-12(16-8)9-2-4-17(15-6-9)5-3-11(18)19/h2,4,6-7H,3,5H2,1H3/p+1. The summed E-state index contributed by atoms with van der Waals surface area (Å²) in [6, 6.07) is 1.79. The Kier molecular flexibility index (Phi) is 4.01. The molecule has 1 N–H and O–H groups in total. The minimum Gasteiger partial charge on any atom is -0.481 e. The molecular formula is C12H12ClN4O2+. The van der Waals surface area contributed by atoms with Crippen LogP contribution in [0.1, 0.15) is 12.1 Å². The van der Waals surface area contributed by atoms with Crippen molar-refractivity contribution in [3.8, 4) is 11.4 Å². The maximum atomic E-state index is 10.5. The number of aliphatic carboxylic acids is 1. The lowest BCUT2D eigenvalue weighted by Crippen LogP contribution is -2.38. The zero-order valence-corrected chi connectivity index (χ0v) is 11.0. The van der Waals surface area contributed by atoms with Crippen molar-refractivity contribution in [3.05, 3.63) is 35.4 Å². The van der Waals surface area contributed by atoms with Crippen LogP contribution in [0, 0.1) is 6.92 Å². The van der Waals surface area contributed by atoms with E-state index in [2.05, 4.69) is 15.1 Å². The second kappa shape index (κ2) is 5.71. The van der Waals surface area contributed by atoms with E-state index in [4.69, 9.17) is 16.7 Å². The van der Waals surface area contributed by atoms with Crippen molar-refractivity contribution in [2.45, 2.75) is 19.9 Å². The molecule has 0 unspecified atom stereocenters. The van der Waals surface area contributed by atoms with Crippen LogP contribution in [0.5, 0.6) is 0 Å². The van der Waals surface area contributed by atoms with E-state index < -0.39 is 5.97 Å². The van der Waals surface area contributed by atoms with Gasteiger partial charge in [0.25, 0.3) is 0 Å². The normalized spacial score (nSPS) is 10.4. The summed E-state index contributed by atoms with van der Waals surface area (Å²) >= 11 is 5.86. The van der Waals surface area contributed by atoms with Crippen molar-refractivity contribution >= 4 is 17.6 Å². The molecule has 0 amide bonds. The van der Waals surface area contributed by atoms with Crippen molar-refractivity contribution in [1.29, 1.82) is 0 Å². The fourth-order valence-corrected chi connectivity index (χ4v) is 1.54. The molecule has 7 heteroatoms. The summed E-state index contributed by atoms with van der Waals surface area (Å²) in [6.45, 7) is 2.13. The Bertz CT molecular complexity index is 601. The van der Waals surface area contributed by atoms with Crippen molar-refractivity contribution in [3.63, 3.8) is 0 Å². The smallest absolute Gasteiger partial charge is 0.309 e. The molecule has 0 fully saturated rings. The number of aryl methyl sites for hydroxylation is 2. The number of nitrogens with zero attached hydrogens (tertiary/aromatic N) is 4. The maximum absolute atomic E-state index is 10.5. The average Bonchev–Trinajstić information content (AvgIpc) is 2.40. The van der Waals surface area contributed by atoms with Crippen molar-refractivity contribution < 1.29 is 14.6 Å². The second-order valence-electron chi connectivity index (χ2n) is 3.95. The molecule has 0 aliphatic carbocycles. The van der Waals surface area contributed by atoms with Gasteiger partial charge in [-0.15, -0.1) is 0 Å². The summed E-state index contributed by atoms with van der Waals surface area (Å²) in [5.41, 5.74) is 1.46. The fourth-order valence-electron chi connectivity index (χ4n) is 1.45. The van der Waals surface area contributed by atoms with Crippen molar-refractivity contribution in [2.24, 2.45) is 0 Å². The summed E-state index contributed by atoms with van der Waals surface area (Å²) in [5, 5.41) is 13.2. The van der Waals surface area contributed by atoms with Crippen LogP contribution >= 0.6 is 11.6 Å². The largest absolute Gasteiger partial charge is 0.481 e. The molecule has 2 heterocycles. The molecule has 2 rings (SSSR count). The number of carboxylic acids is 1. The summed E-state index contributed by atoms with van der Waals surface area (Å²) in [5.74, 6) is -0.310. The molecule has 0 saturated heterocycles. The van der Waals surface area contributed by atoms with Gasteiger partial charge in [-0.3, -0.25) is 4.79 Å². The van der Waals surface area contributed by atoms with Gasteiger partial charge in [0, 0.05) is 17.8 Å². The van der Waals surface area contributed by atoms with E-state index in [1.165, 1.54) is 0 Å². The van der Waals surface area contributed by atoms with Gasteiger partial charge in [0.15, 0.2) is 18.6 Å². The summed E-state index contributed by atoms with van der Waals surface area (Å²) < 4.78 is 1.56. The number of hydrogen-bond donors (Lipinski definition) is 1. The van der Waals surface area contributed by atoms with Gasteiger partial charge >= 0.3 is 5.97 Å². The highest BCUT2D eigenvalue weighted by atomic mass is 35.5. The number of halogens is 1. The van der Waals surface area contributed by atoms with E-state index in [-0.39, 0.29) is 6.42 Å². The van der Waals surface area contributed by atoms with Crippen LogP contribution in [0.3, 0.4) is 0 Å². The van der Waals surface area contributed by atoms with Gasteiger partial charge in [-0.2, -0.15) is 0 Å². The van der Waals surface area contributed by atoms with Crippen LogP contribution in [0.2, 0.25) is 5.02 Å². The number of hydrogen-bond acceptors (Lipinski definition) is 4. The fraction of sp³-hybridized carbons (Fsp3) is 0.250. The minimum atomic E-state index is -0.852. The number of rotatable bonds is 4. The Hall–Kier alpha value is -2.08. The summed E-state index contributed by atoms with van der Waals surface area (Å²) in [4.78, 5) is 18.8. The second-order valence-corrected chi connectivity index (χ2v) is 4.36. The Labute approximate surface area is 114 Å². The molecule has 19 heavy (non-hydrogen) atoms. The Morgan fingerprint density at radius 3 is 2.84 bits per heavy atom. The van der Waals surface area contributed by atoms with Crippen LogP contribution in [0.25, 0.3) is 11.4 Å². The SMILES string of the molecule is Cc1nc(-c2cc[n+](CCC(=O)O)nc2)ncc1Cl. The highest BCUT2D eigenvalue weighted by Crippen LogP contribution is 2.16. The monoisotopic (exact) mass is 279 g/mol. The molecule has 0 bridgehead atoms. The van der Waals surface area contributed by atoms with Gasteiger partial charge < -0.3 is 5.11 Å². The average molecular weight is 280 g/mol. The number of carbonyl (C=O) groups is 1. The van der Waals surface area contributed by atoms with E-state index in [1.54, 1.807) is 36.3 Å². The first-order valence-electron chi connectivity index (χ1n) is 5.63. The predicted octanol–water partition coefficient (Wildman–Crippen LogP) is 1.26. The van der Waals surface area contributed by atoms with Gasteiger partial charge in [0.05, 0.1) is 10.7 Å². The Morgan fingerprint density at radius 1 is 1.47 bits per heavy atom. The molecule has 2 aromatic heterocycles. The van der Waals surface area contributed by atoms with Gasteiger partial charge in [0.2, 0.25) is 0 Å². The molecule has 0 saturated carbocycles. The lowest BCUT2D eigenvalue weighted by molar-refractivity contribution is -0.752. The summed E-state index contributed by atoms with van der Waals surface area (Å²) in [7, 11) is 0. The molecule has 6 nitrogen and oxygen atoms in total. The van der Waals surface area contributed by atoms with Crippen LogP contribution in [0.4, 0.5) is 0 Å². The third kappa shape index (κ3) is 3.45. The van der Waals surface area contributed by atoms with Crippen LogP contribution < -0.4 is 4.68 Å². The van der Waals surface area contributed by atoms with Gasteiger partial charge in [0.1, 0.15) is 12.6 Å². The highest BCUT2D eigenvalue weighted by Gasteiger charge is 2.09. The number of carboxylic acid groups (broad SMARTS) is 1. The topological polar surface area (TPSA) is 79.9 Å². The zero-order valence-electron chi connectivity index (χ0n) is 10.2. The first-order chi connectivity index (χ1) is 9.06. The van der Waals surface area contributed by atoms with Gasteiger partial charge in [-0.25, -0.2) is 9.97 Å². The molecule has 0 aliphatic heterocycles. The van der Waals surface area contributed by atoms with Crippen LogP contribution in [-0.2, 0) is 11.3 Å². The van der Waals surface area contributed by atoms with Crippen molar-refractivity contribution in [1.82, 2.24) is 15.1 Å². The third-order valence-corrected chi connectivity index (χ3v) is 2.87. The molecule has 0 atom stereocenters. The molecule has 0 spiro atoms. The maximum Gasteiger partial charge on any atom is 0.309 e. The van der Waals surface area contributed by atoms with Gasteiger partial charge in [-0.05, 0) is 12.0 Å². The number of aromatic nitrogens is 4. The van der Waals surface area contributed by atoms with E-state index in [0.717, 1.165) is 5.56 Å². The van der Waals surface area contributed by atoms with E-state index in [0.29, 0.717) is 23.1 Å². The Morgan fingerprint density at radius 2 is 2.26 bits per heavy atom. The van der Waals surface area contributed by atoms with Crippen LogP contribution in [0.15, 0.2) is 24.7 Å². The third-order valence-electron chi connectivity index (χ3n) is 2.50. The first-order valence-corrected chi connectivity index (χ1v) is 6.01. The summed E-state index contributed by atoms with van der Waals surface area (Å²) in [6.07, 6.45) is 4.88. The quantitative estimate of drug-likeness (QED) is 0.853. The van der Waals surface area contributed by atoms with Crippen molar-refractivity contribution in [2.75, 3.05) is 0 Å². The van der Waals surface area contributed by atoms with E-state index in [9.17, 15) is 4.79 Å². The lowest BCUT2D eigenvalue weighted by atomic mass is 10.3. The molecule has 0 radical (unpaired) electrons. The Balaban J connectivity index is 2.17. The molecule has 2 aromatic rings. The minimum absolute atomic E-state index is 0.0353. The van der Waals surface area contributed by atoms with Gasteiger partial charge in [-0.1, -0.05) is 16.3 Å². The first kappa shape index (κ1) is 13.4. The molecule has 0 aromatic carbocycles. The molecule has 0 aliphatic rings. The molecular weight excluding hydrogens is 268 g/mol. The van der Waals surface area contributed by atoms with Crippen LogP contribution in [-0.4, -0.2) is 26.1 Å².